The molecule has 2 aromatic rings. The molecule has 0 saturated heterocycles. The van der Waals surface area contributed by atoms with Crippen LogP contribution in [-0.2, 0) is 6.54 Å². The molecule has 3 N–H and O–H groups in total. The Morgan fingerprint density at radius 2 is 2.29 bits per heavy atom. The van der Waals surface area contributed by atoms with E-state index < -0.39 is 18.0 Å². The third kappa shape index (κ3) is 4.02. The number of urea groups is 1. The molecule has 9 heteroatoms. The monoisotopic (exact) mass is 310 g/mol. The number of hydrogen-bond acceptors (Lipinski definition) is 6. The van der Waals surface area contributed by atoms with Crippen LogP contribution in [-0.4, -0.2) is 27.1 Å². The van der Waals surface area contributed by atoms with Gasteiger partial charge in [-0.3, -0.25) is 0 Å². The zero-order valence-electron chi connectivity index (χ0n) is 11.4. The second kappa shape index (κ2) is 6.35. The average molecular weight is 310 g/mol. The van der Waals surface area contributed by atoms with E-state index in [1.807, 2.05) is 0 Å². The summed E-state index contributed by atoms with van der Waals surface area (Å²) >= 11 is 1.18. The topological polar surface area (TPSA) is 117 Å². The van der Waals surface area contributed by atoms with Gasteiger partial charge in [0.2, 0.25) is 5.89 Å². The zero-order chi connectivity index (χ0) is 15.4. The highest BCUT2D eigenvalue weighted by Gasteiger charge is 2.16. The number of carboxylic acid groups (broad SMARTS) is 1. The van der Waals surface area contributed by atoms with Gasteiger partial charge < -0.3 is 20.2 Å². The molecule has 0 aliphatic heterocycles. The summed E-state index contributed by atoms with van der Waals surface area (Å²) < 4.78 is 5.22. The number of nitrogens with zero attached hydrogens (tertiary/aromatic N) is 2. The van der Waals surface area contributed by atoms with E-state index in [-0.39, 0.29) is 12.2 Å². The normalized spacial score (nSPS) is 11.9. The Morgan fingerprint density at radius 1 is 1.52 bits per heavy atom. The lowest BCUT2D eigenvalue weighted by Gasteiger charge is -2.11. The molecule has 0 aliphatic rings. The third-order valence-corrected chi connectivity index (χ3v) is 3.56. The van der Waals surface area contributed by atoms with Crippen molar-refractivity contribution in [3.63, 3.8) is 0 Å². The first-order valence-corrected chi connectivity index (χ1v) is 6.98. The van der Waals surface area contributed by atoms with Gasteiger partial charge in [-0.25, -0.2) is 19.6 Å². The van der Waals surface area contributed by atoms with Crippen molar-refractivity contribution in [2.45, 2.75) is 26.4 Å². The largest absolute Gasteiger partial charge is 0.476 e. The minimum absolute atomic E-state index is 0.0284. The van der Waals surface area contributed by atoms with Gasteiger partial charge in [-0.1, -0.05) is 0 Å². The molecular weight excluding hydrogens is 296 g/mol. The van der Waals surface area contributed by atoms with E-state index in [4.69, 9.17) is 9.52 Å². The number of hydrogen-bond donors (Lipinski definition) is 3. The molecule has 0 aliphatic carbocycles. The molecule has 2 aromatic heterocycles. The van der Waals surface area contributed by atoms with Crippen LogP contribution in [0.25, 0.3) is 0 Å². The van der Waals surface area contributed by atoms with Crippen LogP contribution in [0.1, 0.15) is 40.1 Å². The summed E-state index contributed by atoms with van der Waals surface area (Å²) in [5.41, 5.74) is -0.0284. The number of aryl methyl sites for hydroxylation is 1. The van der Waals surface area contributed by atoms with Gasteiger partial charge in [-0.15, -0.1) is 11.3 Å². The van der Waals surface area contributed by atoms with Gasteiger partial charge >= 0.3 is 12.0 Å². The Bertz CT molecular complexity index is 651. The number of carbonyl (C=O) groups is 2. The standard InChI is InChI=1S/C12H14N4O4S/c1-6-3-13-9(20-6)4-14-12(19)15-7(2)10-16-8(5-21-10)11(17)18/h3,5,7H,4H2,1-2H3,(H,17,18)(H2,14,15,19). The lowest BCUT2D eigenvalue weighted by molar-refractivity contribution is 0.0691. The molecule has 2 amide bonds. The van der Waals surface area contributed by atoms with Crippen LogP contribution in [0.15, 0.2) is 16.0 Å². The van der Waals surface area contributed by atoms with Crippen LogP contribution in [0.2, 0.25) is 0 Å². The summed E-state index contributed by atoms with van der Waals surface area (Å²) in [6.45, 7) is 3.66. The molecule has 2 heterocycles. The van der Waals surface area contributed by atoms with Crippen molar-refractivity contribution in [1.82, 2.24) is 20.6 Å². The zero-order valence-corrected chi connectivity index (χ0v) is 12.2. The van der Waals surface area contributed by atoms with Crippen LogP contribution in [0, 0.1) is 6.92 Å². The number of nitrogens with one attached hydrogen (secondary N) is 2. The van der Waals surface area contributed by atoms with Gasteiger partial charge in [0, 0.05) is 5.38 Å². The first-order valence-electron chi connectivity index (χ1n) is 6.10. The van der Waals surface area contributed by atoms with Gasteiger partial charge in [0.25, 0.3) is 0 Å². The molecule has 8 nitrogen and oxygen atoms in total. The molecule has 0 aromatic carbocycles. The van der Waals surface area contributed by atoms with Crippen molar-refractivity contribution in [1.29, 1.82) is 0 Å². The summed E-state index contributed by atoms with van der Waals surface area (Å²) in [6.07, 6.45) is 1.57. The molecule has 1 atom stereocenters. The predicted octanol–water partition coefficient (Wildman–Crippen LogP) is 1.70. The van der Waals surface area contributed by atoms with Crippen molar-refractivity contribution in [3.05, 3.63) is 33.9 Å². The molecule has 2 rings (SSSR count). The van der Waals surface area contributed by atoms with E-state index in [1.165, 1.54) is 16.7 Å². The average Bonchev–Trinajstić information content (AvgIpc) is 3.05. The summed E-state index contributed by atoms with van der Waals surface area (Å²) in [7, 11) is 0. The first-order chi connectivity index (χ1) is 9.95. The smallest absolute Gasteiger partial charge is 0.355 e. The highest BCUT2D eigenvalue weighted by molar-refractivity contribution is 7.09. The summed E-state index contributed by atoms with van der Waals surface area (Å²) in [6, 6.07) is -0.806. The third-order valence-electron chi connectivity index (χ3n) is 2.53. The molecule has 0 bridgehead atoms. The van der Waals surface area contributed by atoms with E-state index >= 15 is 0 Å². The highest BCUT2D eigenvalue weighted by atomic mass is 32.1. The molecular formula is C12H14N4O4S. The number of aromatic nitrogens is 2. The molecule has 21 heavy (non-hydrogen) atoms. The molecule has 112 valence electrons. The maximum atomic E-state index is 11.7. The predicted molar refractivity (Wildman–Crippen MR) is 74.1 cm³/mol. The van der Waals surface area contributed by atoms with Gasteiger partial charge in [0.05, 0.1) is 18.8 Å². The second-order valence-electron chi connectivity index (χ2n) is 4.29. The first kappa shape index (κ1) is 15.0. The van der Waals surface area contributed by atoms with E-state index in [9.17, 15) is 9.59 Å². The van der Waals surface area contributed by atoms with Crippen LogP contribution >= 0.6 is 11.3 Å². The Balaban J connectivity index is 1.85. The van der Waals surface area contributed by atoms with Crippen LogP contribution in [0.4, 0.5) is 4.79 Å². The molecule has 0 spiro atoms. The van der Waals surface area contributed by atoms with E-state index in [0.717, 1.165) is 0 Å². The van der Waals surface area contributed by atoms with Crippen LogP contribution < -0.4 is 10.6 Å². The number of amides is 2. The number of carbonyl (C=O) groups excluding carboxylic acids is 1. The van der Waals surface area contributed by atoms with E-state index in [2.05, 4.69) is 20.6 Å². The van der Waals surface area contributed by atoms with Crippen molar-refractivity contribution in [2.24, 2.45) is 0 Å². The minimum atomic E-state index is -1.09. The SMILES string of the molecule is Cc1cnc(CNC(=O)NC(C)c2nc(C(=O)O)cs2)o1. The van der Waals surface area contributed by atoms with Crippen molar-refractivity contribution >= 4 is 23.3 Å². The van der Waals surface area contributed by atoms with Crippen LogP contribution in [0.5, 0.6) is 0 Å². The molecule has 0 saturated carbocycles. The lowest BCUT2D eigenvalue weighted by Crippen LogP contribution is -2.36. The minimum Gasteiger partial charge on any atom is -0.476 e. The number of aromatic carboxylic acids is 1. The maximum Gasteiger partial charge on any atom is 0.355 e. The number of carboxylic acids is 1. The number of thiazole rings is 1. The van der Waals surface area contributed by atoms with Gasteiger partial charge in [-0.2, -0.15) is 0 Å². The Kier molecular flexibility index (Phi) is 4.53. The van der Waals surface area contributed by atoms with Crippen molar-refractivity contribution in [2.75, 3.05) is 0 Å². The molecule has 0 radical (unpaired) electrons. The molecule has 0 fully saturated rings. The van der Waals surface area contributed by atoms with Gasteiger partial charge in [0.1, 0.15) is 10.8 Å². The lowest BCUT2D eigenvalue weighted by atomic mass is 10.3. The fourth-order valence-electron chi connectivity index (χ4n) is 1.53. The summed E-state index contributed by atoms with van der Waals surface area (Å²) in [5, 5.41) is 16.0. The van der Waals surface area contributed by atoms with Crippen molar-refractivity contribution in [3.8, 4) is 0 Å². The maximum absolute atomic E-state index is 11.7. The van der Waals surface area contributed by atoms with E-state index in [0.29, 0.717) is 16.7 Å². The quantitative estimate of drug-likeness (QED) is 0.773. The number of rotatable bonds is 5. The van der Waals surface area contributed by atoms with Gasteiger partial charge in [-0.05, 0) is 13.8 Å². The van der Waals surface area contributed by atoms with Crippen LogP contribution in [0.3, 0.4) is 0 Å². The Labute approximate surface area is 124 Å². The summed E-state index contributed by atoms with van der Waals surface area (Å²) in [4.78, 5) is 30.4. The fourth-order valence-corrected chi connectivity index (χ4v) is 2.33. The number of oxazole rings is 1. The molecule has 1 unspecified atom stereocenters. The van der Waals surface area contributed by atoms with Crippen molar-refractivity contribution < 1.29 is 19.1 Å². The highest BCUT2D eigenvalue weighted by Crippen LogP contribution is 2.17. The van der Waals surface area contributed by atoms with E-state index in [1.54, 1.807) is 20.0 Å². The second-order valence-corrected chi connectivity index (χ2v) is 5.18. The van der Waals surface area contributed by atoms with Gasteiger partial charge in [0.15, 0.2) is 5.69 Å². The Morgan fingerprint density at radius 3 is 2.86 bits per heavy atom. The Hall–Kier alpha value is -2.42. The fraction of sp³-hybridized carbons (Fsp3) is 0.333. The summed E-state index contributed by atoms with van der Waals surface area (Å²) in [5.74, 6) is -0.00399.